The summed E-state index contributed by atoms with van der Waals surface area (Å²) >= 11 is 5.95. The molecule has 0 aliphatic carbocycles. The largest absolute Gasteiger partial charge is 0.311 e. The van der Waals surface area contributed by atoms with Crippen molar-refractivity contribution in [3.8, 4) is 0 Å². The highest BCUT2D eigenvalue weighted by atomic mass is 35.5. The second-order valence-electron chi connectivity index (χ2n) is 4.81. The molecule has 20 heavy (non-hydrogen) atoms. The fraction of sp³-hybridized carbons (Fsp3) is 0.400. The van der Waals surface area contributed by atoms with Crippen molar-refractivity contribution in [1.82, 2.24) is 15.1 Å². The van der Waals surface area contributed by atoms with Crippen molar-refractivity contribution in [3.63, 3.8) is 0 Å². The van der Waals surface area contributed by atoms with Crippen LogP contribution in [0.2, 0.25) is 5.02 Å². The molecule has 0 saturated heterocycles. The topological polar surface area (TPSA) is 29.9 Å². The maximum atomic E-state index is 13.9. The number of rotatable bonds is 5. The lowest BCUT2D eigenvalue weighted by atomic mass is 10.0. The highest BCUT2D eigenvalue weighted by Gasteiger charge is 2.17. The van der Waals surface area contributed by atoms with Gasteiger partial charge in [0.25, 0.3) is 0 Å². The Kier molecular flexibility index (Phi) is 4.78. The summed E-state index contributed by atoms with van der Waals surface area (Å²) in [4.78, 5) is 0. The highest BCUT2D eigenvalue weighted by Crippen LogP contribution is 2.23. The zero-order valence-electron chi connectivity index (χ0n) is 12.0. The van der Waals surface area contributed by atoms with Gasteiger partial charge in [-0.1, -0.05) is 11.6 Å². The lowest BCUT2D eigenvalue weighted by Gasteiger charge is -2.18. The van der Waals surface area contributed by atoms with Crippen LogP contribution in [0.25, 0.3) is 0 Å². The first-order valence-electron chi connectivity index (χ1n) is 6.70. The van der Waals surface area contributed by atoms with Gasteiger partial charge in [0.05, 0.1) is 17.4 Å². The highest BCUT2D eigenvalue weighted by molar-refractivity contribution is 6.30. The minimum atomic E-state index is -0.228. The van der Waals surface area contributed by atoms with Gasteiger partial charge in [0.1, 0.15) is 5.82 Å². The Labute approximate surface area is 123 Å². The third kappa shape index (κ3) is 3.19. The van der Waals surface area contributed by atoms with Crippen LogP contribution in [0.4, 0.5) is 4.39 Å². The minimum absolute atomic E-state index is 0.00381. The summed E-state index contributed by atoms with van der Waals surface area (Å²) in [6.07, 6.45) is 0.536. The van der Waals surface area contributed by atoms with Crippen LogP contribution >= 0.6 is 11.6 Å². The fourth-order valence-electron chi connectivity index (χ4n) is 2.37. The van der Waals surface area contributed by atoms with Gasteiger partial charge in [-0.15, -0.1) is 0 Å². The lowest BCUT2D eigenvalue weighted by Crippen LogP contribution is -2.22. The maximum Gasteiger partial charge on any atom is 0.126 e. The Balaban J connectivity index is 2.30. The van der Waals surface area contributed by atoms with Gasteiger partial charge < -0.3 is 5.32 Å². The molecule has 0 aliphatic rings. The van der Waals surface area contributed by atoms with Crippen LogP contribution in [0, 0.1) is 12.7 Å². The molecule has 0 bridgehead atoms. The molecule has 1 atom stereocenters. The molecule has 2 rings (SSSR count). The van der Waals surface area contributed by atoms with Gasteiger partial charge >= 0.3 is 0 Å². The van der Waals surface area contributed by atoms with Crippen molar-refractivity contribution in [2.45, 2.75) is 32.9 Å². The first kappa shape index (κ1) is 15.0. The maximum absolute atomic E-state index is 13.9. The zero-order valence-corrected chi connectivity index (χ0v) is 12.7. The van der Waals surface area contributed by atoms with Gasteiger partial charge in [-0.3, -0.25) is 4.68 Å². The van der Waals surface area contributed by atoms with Crippen molar-refractivity contribution >= 4 is 11.6 Å². The van der Waals surface area contributed by atoms with E-state index in [1.165, 1.54) is 6.07 Å². The second kappa shape index (κ2) is 6.37. The van der Waals surface area contributed by atoms with Gasteiger partial charge in [0.15, 0.2) is 0 Å². The predicted molar refractivity (Wildman–Crippen MR) is 79.6 cm³/mol. The van der Waals surface area contributed by atoms with E-state index in [1.807, 2.05) is 31.6 Å². The number of nitrogens with zero attached hydrogens (tertiary/aromatic N) is 2. The Morgan fingerprint density at radius 3 is 2.80 bits per heavy atom. The number of halogens is 2. The van der Waals surface area contributed by atoms with E-state index < -0.39 is 0 Å². The van der Waals surface area contributed by atoms with E-state index in [-0.39, 0.29) is 11.9 Å². The van der Waals surface area contributed by atoms with Gasteiger partial charge in [-0.05, 0) is 57.1 Å². The van der Waals surface area contributed by atoms with E-state index in [0.717, 1.165) is 17.9 Å². The van der Waals surface area contributed by atoms with E-state index in [2.05, 4.69) is 10.4 Å². The van der Waals surface area contributed by atoms with Crippen molar-refractivity contribution < 1.29 is 4.39 Å². The van der Waals surface area contributed by atoms with E-state index in [4.69, 9.17) is 11.6 Å². The molecule has 0 aliphatic heterocycles. The molecule has 1 N–H and O–H groups in total. The Bertz CT molecular complexity index is 595. The predicted octanol–water partition coefficient (Wildman–Crippen LogP) is 3.51. The monoisotopic (exact) mass is 295 g/mol. The molecule has 1 aromatic carbocycles. The number of nitrogens with one attached hydrogen (secondary N) is 1. The summed E-state index contributed by atoms with van der Waals surface area (Å²) < 4.78 is 15.8. The normalized spacial score (nSPS) is 12.7. The Morgan fingerprint density at radius 2 is 2.15 bits per heavy atom. The smallest absolute Gasteiger partial charge is 0.126 e. The molecule has 2 aromatic rings. The van der Waals surface area contributed by atoms with E-state index >= 15 is 0 Å². The molecule has 1 unspecified atom stereocenters. The summed E-state index contributed by atoms with van der Waals surface area (Å²) in [5.41, 5.74) is 2.64. The first-order chi connectivity index (χ1) is 9.55. The molecule has 0 fully saturated rings. The molecule has 0 amide bonds. The van der Waals surface area contributed by atoms with E-state index in [1.54, 1.807) is 12.1 Å². The molecule has 1 aromatic heterocycles. The van der Waals surface area contributed by atoms with Crippen LogP contribution in [0.3, 0.4) is 0 Å². The molecular weight excluding hydrogens is 277 g/mol. The average Bonchev–Trinajstić information content (AvgIpc) is 2.80. The van der Waals surface area contributed by atoms with Crippen LogP contribution < -0.4 is 5.32 Å². The molecule has 0 saturated carbocycles. The van der Waals surface area contributed by atoms with Crippen molar-refractivity contribution in [3.05, 3.63) is 52.1 Å². The number of aryl methyl sites for hydroxylation is 2. The van der Waals surface area contributed by atoms with Gasteiger partial charge in [0, 0.05) is 11.6 Å². The third-order valence-corrected chi connectivity index (χ3v) is 3.61. The summed E-state index contributed by atoms with van der Waals surface area (Å²) in [6.45, 7) is 4.80. The second-order valence-corrected chi connectivity index (χ2v) is 5.24. The van der Waals surface area contributed by atoms with Crippen molar-refractivity contribution in [2.24, 2.45) is 0 Å². The number of aromatic nitrogens is 2. The summed E-state index contributed by atoms with van der Waals surface area (Å²) in [7, 11) is 1.87. The van der Waals surface area contributed by atoms with Gasteiger partial charge in [-0.2, -0.15) is 5.10 Å². The zero-order chi connectivity index (χ0) is 14.7. The number of benzene rings is 1. The minimum Gasteiger partial charge on any atom is -0.311 e. The van der Waals surface area contributed by atoms with Crippen molar-refractivity contribution in [1.29, 1.82) is 0 Å². The molecule has 108 valence electrons. The molecule has 5 heteroatoms. The summed E-state index contributed by atoms with van der Waals surface area (Å²) in [5, 5.41) is 8.22. The molecule has 0 spiro atoms. The molecular formula is C15H19ClFN3. The molecule has 3 nitrogen and oxygen atoms in total. The number of likely N-dealkylation sites (N-methyl/N-ethyl adjacent to an activating group) is 1. The van der Waals surface area contributed by atoms with Gasteiger partial charge in [0.2, 0.25) is 0 Å². The lowest BCUT2D eigenvalue weighted by molar-refractivity contribution is 0.501. The average molecular weight is 296 g/mol. The first-order valence-corrected chi connectivity index (χ1v) is 7.08. The summed E-state index contributed by atoms with van der Waals surface area (Å²) in [5.74, 6) is -0.228. The van der Waals surface area contributed by atoms with E-state index in [9.17, 15) is 4.39 Å². The molecule has 0 radical (unpaired) electrons. The third-order valence-electron chi connectivity index (χ3n) is 3.37. The van der Waals surface area contributed by atoms with E-state index in [0.29, 0.717) is 17.0 Å². The fourth-order valence-corrected chi connectivity index (χ4v) is 2.57. The van der Waals surface area contributed by atoms with Gasteiger partial charge in [-0.25, -0.2) is 4.39 Å². The Morgan fingerprint density at radius 1 is 1.40 bits per heavy atom. The van der Waals surface area contributed by atoms with Crippen LogP contribution in [-0.4, -0.2) is 16.8 Å². The summed E-state index contributed by atoms with van der Waals surface area (Å²) in [6, 6.07) is 6.69. The van der Waals surface area contributed by atoms with Crippen molar-refractivity contribution in [2.75, 3.05) is 7.05 Å². The number of hydrogen-bond donors (Lipinski definition) is 1. The molecule has 1 heterocycles. The number of hydrogen-bond acceptors (Lipinski definition) is 2. The Hall–Kier alpha value is -1.39. The quantitative estimate of drug-likeness (QED) is 0.915. The van der Waals surface area contributed by atoms with Crippen LogP contribution in [0.15, 0.2) is 24.3 Å². The SMILES string of the molecule is CCn1nc(C)cc1C(Cc1cc(Cl)ccc1F)NC. The standard InChI is InChI=1S/C15H19ClFN3/c1-4-20-15(7-10(2)19-20)14(18-3)9-11-8-12(16)5-6-13(11)17/h5-8,14,18H,4,9H2,1-3H3. The van der Waals surface area contributed by atoms with Crippen LogP contribution in [0.5, 0.6) is 0 Å². The van der Waals surface area contributed by atoms with Crippen LogP contribution in [0.1, 0.15) is 29.9 Å². The van der Waals surface area contributed by atoms with Crippen LogP contribution in [-0.2, 0) is 13.0 Å².